The van der Waals surface area contributed by atoms with Crippen LogP contribution in [0.4, 0.5) is 0 Å². The molecule has 0 aromatic carbocycles. The van der Waals surface area contributed by atoms with Crippen LogP contribution >= 0.6 is 0 Å². The van der Waals surface area contributed by atoms with Gasteiger partial charge in [0.15, 0.2) is 5.66 Å². The lowest BCUT2D eigenvalue weighted by Gasteiger charge is -2.28. The second-order valence-corrected chi connectivity index (χ2v) is 13.5. The van der Waals surface area contributed by atoms with E-state index in [9.17, 15) is 0 Å². The SMILES string of the molecule is CCOC1=N[C@H](C(C)C)C(OCC)=N[C@H]1CCC1(CCC#C[Si](C)(C)C)N=N1. The highest BCUT2D eigenvalue weighted by molar-refractivity contribution is 6.83. The summed E-state index contributed by atoms with van der Waals surface area (Å²) in [6.45, 7) is 16.2. The molecule has 0 bridgehead atoms. The van der Waals surface area contributed by atoms with Gasteiger partial charge in [-0.05, 0) is 32.6 Å². The highest BCUT2D eigenvalue weighted by Gasteiger charge is 2.41. The smallest absolute Gasteiger partial charge is 0.210 e. The number of ether oxygens (including phenoxy) is 2. The fraction of sp³-hybridized carbons (Fsp3) is 0.810. The molecule has 2 aliphatic rings. The van der Waals surface area contributed by atoms with E-state index >= 15 is 0 Å². The van der Waals surface area contributed by atoms with Crippen LogP contribution < -0.4 is 0 Å². The van der Waals surface area contributed by atoms with Crippen molar-refractivity contribution in [2.45, 2.75) is 90.8 Å². The summed E-state index contributed by atoms with van der Waals surface area (Å²) in [5.74, 6) is 5.09. The summed E-state index contributed by atoms with van der Waals surface area (Å²) in [4.78, 5) is 9.70. The Kier molecular flexibility index (Phi) is 7.82. The quantitative estimate of drug-likeness (QED) is 0.428. The third-order valence-electron chi connectivity index (χ3n) is 4.62. The van der Waals surface area contributed by atoms with E-state index in [-0.39, 0.29) is 17.7 Å². The fourth-order valence-electron chi connectivity index (χ4n) is 3.09. The molecule has 0 saturated heterocycles. The summed E-state index contributed by atoms with van der Waals surface area (Å²) in [7, 11) is -1.31. The molecule has 2 aliphatic heterocycles. The minimum atomic E-state index is -1.31. The van der Waals surface area contributed by atoms with Crippen LogP contribution in [0.15, 0.2) is 20.2 Å². The summed E-state index contributed by atoms with van der Waals surface area (Å²) in [5.41, 5.74) is 3.14. The van der Waals surface area contributed by atoms with E-state index < -0.39 is 8.07 Å². The summed E-state index contributed by atoms with van der Waals surface area (Å²) >= 11 is 0. The third kappa shape index (κ3) is 6.73. The molecule has 156 valence electrons. The van der Waals surface area contributed by atoms with Gasteiger partial charge in [-0.15, -0.1) is 11.5 Å². The lowest BCUT2D eigenvalue weighted by Crippen LogP contribution is -2.38. The van der Waals surface area contributed by atoms with E-state index in [4.69, 9.17) is 19.5 Å². The molecule has 6 nitrogen and oxygen atoms in total. The van der Waals surface area contributed by atoms with Crippen molar-refractivity contribution in [1.29, 1.82) is 0 Å². The Bertz CT molecular complexity index is 677. The molecule has 0 fully saturated rings. The van der Waals surface area contributed by atoms with Gasteiger partial charge in [0.25, 0.3) is 0 Å². The van der Waals surface area contributed by atoms with Crippen molar-refractivity contribution in [2.24, 2.45) is 26.1 Å². The normalized spacial score (nSPS) is 22.9. The van der Waals surface area contributed by atoms with Gasteiger partial charge < -0.3 is 9.47 Å². The zero-order chi connectivity index (χ0) is 20.8. The van der Waals surface area contributed by atoms with Crippen LogP contribution in [0.25, 0.3) is 0 Å². The predicted molar refractivity (Wildman–Crippen MR) is 118 cm³/mol. The van der Waals surface area contributed by atoms with E-state index in [1.807, 2.05) is 13.8 Å². The van der Waals surface area contributed by atoms with Gasteiger partial charge in [0.05, 0.1) is 13.2 Å². The lowest BCUT2D eigenvalue weighted by atomic mass is 9.97. The van der Waals surface area contributed by atoms with Gasteiger partial charge in [-0.25, -0.2) is 9.98 Å². The van der Waals surface area contributed by atoms with Crippen LogP contribution in [-0.2, 0) is 9.47 Å². The molecule has 0 unspecified atom stereocenters. The Balaban J connectivity index is 2.00. The fourth-order valence-corrected chi connectivity index (χ4v) is 3.75. The molecule has 0 spiro atoms. The number of nitrogens with zero attached hydrogens (tertiary/aromatic N) is 4. The van der Waals surface area contributed by atoms with Crippen molar-refractivity contribution in [3.8, 4) is 11.5 Å². The first-order valence-corrected chi connectivity index (χ1v) is 14.0. The Labute approximate surface area is 171 Å². The van der Waals surface area contributed by atoms with Crippen LogP contribution in [0.3, 0.4) is 0 Å². The number of hydrogen-bond acceptors (Lipinski definition) is 6. The molecule has 0 amide bonds. The number of aliphatic imine (C=N–C) groups is 2. The molecule has 0 aromatic heterocycles. The zero-order valence-electron chi connectivity index (χ0n) is 18.6. The third-order valence-corrected chi connectivity index (χ3v) is 5.54. The van der Waals surface area contributed by atoms with Gasteiger partial charge in [0, 0.05) is 12.8 Å². The molecular formula is C21H36N4O2Si. The summed E-state index contributed by atoms with van der Waals surface area (Å²) in [5, 5.41) is 8.66. The Morgan fingerprint density at radius 2 is 1.64 bits per heavy atom. The van der Waals surface area contributed by atoms with Gasteiger partial charge in [-0.2, -0.15) is 10.2 Å². The number of hydrogen-bond donors (Lipinski definition) is 0. The second kappa shape index (κ2) is 9.68. The van der Waals surface area contributed by atoms with Crippen LogP contribution in [0.2, 0.25) is 19.6 Å². The van der Waals surface area contributed by atoms with Crippen LogP contribution in [0, 0.1) is 17.4 Å². The molecule has 0 aromatic rings. The van der Waals surface area contributed by atoms with Gasteiger partial charge in [-0.3, -0.25) is 0 Å². The van der Waals surface area contributed by atoms with Crippen LogP contribution in [-0.4, -0.2) is 50.8 Å². The van der Waals surface area contributed by atoms with E-state index in [0.717, 1.165) is 37.5 Å². The summed E-state index contributed by atoms with van der Waals surface area (Å²) in [6.07, 6.45) is 3.37. The highest BCUT2D eigenvalue weighted by Crippen LogP contribution is 2.38. The Morgan fingerprint density at radius 3 is 2.18 bits per heavy atom. The molecule has 0 N–H and O–H groups in total. The van der Waals surface area contributed by atoms with Crippen molar-refractivity contribution in [1.82, 2.24) is 0 Å². The topological polar surface area (TPSA) is 67.9 Å². The molecule has 7 heteroatoms. The Hall–Kier alpha value is -1.68. The maximum atomic E-state index is 5.83. The highest BCUT2D eigenvalue weighted by atomic mass is 28.3. The van der Waals surface area contributed by atoms with Crippen molar-refractivity contribution in [2.75, 3.05) is 13.2 Å². The molecule has 2 rings (SSSR count). The van der Waals surface area contributed by atoms with E-state index in [1.165, 1.54) is 0 Å². The lowest BCUT2D eigenvalue weighted by molar-refractivity contribution is 0.272. The standard InChI is InChI=1S/C21H36N4O2Si/c1-8-26-19-17(22-20(27-9-2)18(23-19)16(3)4)12-14-21(24-25-21)13-10-11-15-28(5,6)7/h16-18H,8-10,12-14H2,1-7H3/t17-,18+/m0/s1. The zero-order valence-corrected chi connectivity index (χ0v) is 19.6. The number of rotatable bonds is 8. The summed E-state index contributed by atoms with van der Waals surface area (Å²) in [6, 6.07) is -0.189. The van der Waals surface area contributed by atoms with Gasteiger partial charge in [0.2, 0.25) is 11.8 Å². The van der Waals surface area contributed by atoms with Crippen LogP contribution in [0.1, 0.15) is 53.4 Å². The van der Waals surface area contributed by atoms with E-state index in [1.54, 1.807) is 0 Å². The first-order valence-electron chi connectivity index (χ1n) is 10.5. The van der Waals surface area contributed by atoms with Crippen molar-refractivity contribution < 1.29 is 9.47 Å². The largest absolute Gasteiger partial charge is 0.480 e. The van der Waals surface area contributed by atoms with Crippen molar-refractivity contribution in [3.63, 3.8) is 0 Å². The molecule has 0 aliphatic carbocycles. The van der Waals surface area contributed by atoms with Gasteiger partial charge in [0.1, 0.15) is 20.2 Å². The maximum Gasteiger partial charge on any atom is 0.210 e. The van der Waals surface area contributed by atoms with Gasteiger partial charge in [-0.1, -0.05) is 33.5 Å². The summed E-state index contributed by atoms with van der Waals surface area (Å²) < 4.78 is 11.6. The molecular weight excluding hydrogens is 368 g/mol. The molecule has 2 heterocycles. The maximum absolute atomic E-state index is 5.83. The molecule has 0 radical (unpaired) electrons. The first-order chi connectivity index (χ1) is 13.2. The minimum absolute atomic E-state index is 0.0705. The van der Waals surface area contributed by atoms with E-state index in [2.05, 4.69) is 55.2 Å². The molecule has 28 heavy (non-hydrogen) atoms. The Morgan fingerprint density at radius 1 is 1.00 bits per heavy atom. The average molecular weight is 405 g/mol. The van der Waals surface area contributed by atoms with Crippen molar-refractivity contribution >= 4 is 19.9 Å². The van der Waals surface area contributed by atoms with Crippen LogP contribution in [0.5, 0.6) is 0 Å². The predicted octanol–water partition coefficient (Wildman–Crippen LogP) is 4.87. The van der Waals surface area contributed by atoms with Crippen molar-refractivity contribution in [3.05, 3.63) is 0 Å². The van der Waals surface area contributed by atoms with E-state index in [0.29, 0.717) is 19.1 Å². The first kappa shape index (κ1) is 22.6. The average Bonchev–Trinajstić information content (AvgIpc) is 3.38. The molecule has 0 saturated carbocycles. The molecule has 2 atom stereocenters. The minimum Gasteiger partial charge on any atom is -0.480 e. The monoisotopic (exact) mass is 404 g/mol. The second-order valence-electron chi connectivity index (χ2n) is 8.78. The van der Waals surface area contributed by atoms with Gasteiger partial charge >= 0.3 is 0 Å².